The van der Waals surface area contributed by atoms with Crippen LogP contribution in [0.4, 0.5) is 5.69 Å². The van der Waals surface area contributed by atoms with Crippen LogP contribution in [0.5, 0.6) is 5.88 Å². The number of anilines is 1. The molecule has 3 N–H and O–H groups in total. The fraction of sp³-hybridized carbons (Fsp3) is 0.0667. The molecule has 1 amide bonds. The molecule has 1 aliphatic heterocycles. The third kappa shape index (κ3) is 2.74. The summed E-state index contributed by atoms with van der Waals surface area (Å²) in [6.45, 7) is 1.59. The minimum absolute atomic E-state index is 0.114. The van der Waals surface area contributed by atoms with Gasteiger partial charge in [0.15, 0.2) is 0 Å². The summed E-state index contributed by atoms with van der Waals surface area (Å²) < 4.78 is 0. The molecule has 0 saturated heterocycles. The Balaban J connectivity index is 2.06. The zero-order valence-electron chi connectivity index (χ0n) is 12.3. The van der Waals surface area contributed by atoms with Crippen LogP contribution in [0.25, 0.3) is 6.08 Å². The van der Waals surface area contributed by atoms with E-state index in [0.29, 0.717) is 16.4 Å². The number of hydrogen-bond acceptors (Lipinski definition) is 5. The lowest BCUT2D eigenvalue weighted by Gasteiger charge is -2.11. The first-order valence-electron chi connectivity index (χ1n) is 6.79. The van der Waals surface area contributed by atoms with Gasteiger partial charge in [0.25, 0.3) is 11.5 Å². The maximum Gasteiger partial charge on any atom is 0.328 e. The molecule has 1 aromatic heterocycles. The van der Waals surface area contributed by atoms with Gasteiger partial charge in [-0.2, -0.15) is 10.1 Å². The number of amides is 1. The SMILES string of the molecule is CC1=NN(c2cccc(Cl)c2)C(=O)/C1=C\c1c(O)[nH]c(=O)[nH]c1=O. The Hall–Kier alpha value is -3.13. The molecule has 9 heteroatoms. The van der Waals surface area contributed by atoms with Gasteiger partial charge in [-0.15, -0.1) is 0 Å². The summed E-state index contributed by atoms with van der Waals surface area (Å²) >= 11 is 5.92. The van der Waals surface area contributed by atoms with E-state index < -0.39 is 23.0 Å². The number of aromatic amines is 2. The van der Waals surface area contributed by atoms with Gasteiger partial charge >= 0.3 is 5.69 Å². The molecule has 0 fully saturated rings. The van der Waals surface area contributed by atoms with Gasteiger partial charge in [0, 0.05) is 5.02 Å². The summed E-state index contributed by atoms with van der Waals surface area (Å²) in [5.74, 6) is -1.11. The Kier molecular flexibility index (Phi) is 3.82. The fourth-order valence-electron chi connectivity index (χ4n) is 2.23. The second kappa shape index (κ2) is 5.82. The van der Waals surface area contributed by atoms with Gasteiger partial charge in [-0.05, 0) is 31.2 Å². The van der Waals surface area contributed by atoms with Crippen LogP contribution in [0.2, 0.25) is 5.02 Å². The molecule has 0 spiro atoms. The first kappa shape index (κ1) is 15.8. The van der Waals surface area contributed by atoms with Crippen molar-refractivity contribution < 1.29 is 9.90 Å². The van der Waals surface area contributed by atoms with Gasteiger partial charge < -0.3 is 5.11 Å². The smallest absolute Gasteiger partial charge is 0.328 e. The minimum atomic E-state index is -0.844. The fourth-order valence-corrected chi connectivity index (χ4v) is 2.41. The Morgan fingerprint density at radius 2 is 2.00 bits per heavy atom. The van der Waals surface area contributed by atoms with Crippen LogP contribution in [0.3, 0.4) is 0 Å². The molecule has 122 valence electrons. The van der Waals surface area contributed by atoms with Gasteiger partial charge in [-0.25, -0.2) is 4.79 Å². The summed E-state index contributed by atoms with van der Waals surface area (Å²) in [6.07, 6.45) is 1.18. The van der Waals surface area contributed by atoms with Gasteiger partial charge in [-0.1, -0.05) is 17.7 Å². The third-order valence-electron chi connectivity index (χ3n) is 3.36. The molecule has 8 nitrogen and oxygen atoms in total. The van der Waals surface area contributed by atoms with E-state index in [4.69, 9.17) is 11.6 Å². The van der Waals surface area contributed by atoms with Gasteiger partial charge in [0.05, 0.1) is 17.0 Å². The van der Waals surface area contributed by atoms with E-state index in [1.807, 2.05) is 4.98 Å². The van der Waals surface area contributed by atoms with Gasteiger partial charge in [-0.3, -0.25) is 19.6 Å². The van der Waals surface area contributed by atoms with Crippen LogP contribution in [-0.2, 0) is 4.79 Å². The molecular weight excluding hydrogens is 336 g/mol. The molecule has 0 radical (unpaired) electrons. The lowest BCUT2D eigenvalue weighted by atomic mass is 10.1. The number of nitrogens with zero attached hydrogens (tertiary/aromatic N) is 2. The largest absolute Gasteiger partial charge is 0.494 e. The highest BCUT2D eigenvalue weighted by Crippen LogP contribution is 2.27. The predicted molar refractivity (Wildman–Crippen MR) is 89.4 cm³/mol. The van der Waals surface area contributed by atoms with E-state index in [9.17, 15) is 19.5 Å². The first-order chi connectivity index (χ1) is 11.4. The number of hydrogen-bond donors (Lipinski definition) is 3. The maximum absolute atomic E-state index is 12.6. The predicted octanol–water partition coefficient (Wildman–Crippen LogP) is 1.23. The maximum atomic E-state index is 12.6. The van der Waals surface area contributed by atoms with Gasteiger partial charge in [0.2, 0.25) is 5.88 Å². The summed E-state index contributed by atoms with van der Waals surface area (Å²) in [5.41, 5.74) is -0.961. The molecule has 1 aromatic carbocycles. The number of H-pyrrole nitrogens is 2. The van der Waals surface area contributed by atoms with Crippen LogP contribution in [-0.4, -0.2) is 26.7 Å². The second-order valence-corrected chi connectivity index (χ2v) is 5.45. The summed E-state index contributed by atoms with van der Waals surface area (Å²) in [6, 6.07) is 6.57. The highest BCUT2D eigenvalue weighted by Gasteiger charge is 2.29. The van der Waals surface area contributed by atoms with Crippen molar-refractivity contribution in [3.63, 3.8) is 0 Å². The average molecular weight is 347 g/mol. The van der Waals surface area contributed by atoms with Crippen molar-refractivity contribution in [3.8, 4) is 5.88 Å². The van der Waals surface area contributed by atoms with Crippen molar-refractivity contribution in [1.29, 1.82) is 0 Å². The van der Waals surface area contributed by atoms with Crippen molar-refractivity contribution in [1.82, 2.24) is 9.97 Å². The first-order valence-corrected chi connectivity index (χ1v) is 7.17. The van der Waals surface area contributed by atoms with E-state index in [1.165, 1.54) is 6.08 Å². The van der Waals surface area contributed by atoms with E-state index in [0.717, 1.165) is 5.01 Å². The number of carbonyl (C=O) groups excluding carboxylic acids is 1. The molecule has 0 unspecified atom stereocenters. The van der Waals surface area contributed by atoms with Crippen LogP contribution in [0.1, 0.15) is 12.5 Å². The zero-order chi connectivity index (χ0) is 17.4. The number of halogens is 1. The van der Waals surface area contributed by atoms with Gasteiger partial charge in [0.1, 0.15) is 5.56 Å². The van der Waals surface area contributed by atoms with E-state index in [1.54, 1.807) is 31.2 Å². The highest BCUT2D eigenvalue weighted by molar-refractivity contribution is 6.33. The van der Waals surface area contributed by atoms with Crippen molar-refractivity contribution in [2.24, 2.45) is 5.10 Å². The molecule has 0 bridgehead atoms. The van der Waals surface area contributed by atoms with Crippen molar-refractivity contribution in [2.45, 2.75) is 6.92 Å². The average Bonchev–Trinajstić information content (AvgIpc) is 2.78. The monoisotopic (exact) mass is 346 g/mol. The molecule has 0 atom stereocenters. The van der Waals surface area contributed by atoms with Crippen molar-refractivity contribution in [2.75, 3.05) is 5.01 Å². The number of carbonyl (C=O) groups is 1. The van der Waals surface area contributed by atoms with Crippen LogP contribution in [0.15, 0.2) is 44.5 Å². The standard InChI is InChI=1S/C15H11ClN4O4/c1-7-10(6-11-12(21)17-15(24)18-13(11)22)14(23)20(19-7)9-4-2-3-8(16)5-9/h2-6H,1H3,(H3,17,18,21,22,24)/b10-6-. The Bertz CT molecular complexity index is 1020. The summed E-state index contributed by atoms with van der Waals surface area (Å²) in [4.78, 5) is 39.5. The molecular formula is C15H11ClN4O4. The molecule has 24 heavy (non-hydrogen) atoms. The van der Waals surface area contributed by atoms with Crippen LogP contribution >= 0.6 is 11.6 Å². The third-order valence-corrected chi connectivity index (χ3v) is 3.60. The minimum Gasteiger partial charge on any atom is -0.494 e. The Labute approximate surface area is 139 Å². The van der Waals surface area contributed by atoms with E-state index in [-0.39, 0.29) is 11.1 Å². The molecule has 1 aliphatic rings. The molecule has 0 saturated carbocycles. The number of rotatable bonds is 2. The second-order valence-electron chi connectivity index (χ2n) is 5.01. The molecule has 2 heterocycles. The number of benzene rings is 1. The summed E-state index contributed by atoms with van der Waals surface area (Å²) in [7, 11) is 0. The van der Waals surface area contributed by atoms with Crippen molar-refractivity contribution >= 4 is 35.0 Å². The quantitative estimate of drug-likeness (QED) is 0.708. The highest BCUT2D eigenvalue weighted by atomic mass is 35.5. The normalized spacial score (nSPS) is 15.9. The van der Waals surface area contributed by atoms with E-state index >= 15 is 0 Å². The Morgan fingerprint density at radius 1 is 1.25 bits per heavy atom. The number of nitrogens with one attached hydrogen (secondary N) is 2. The molecule has 0 aliphatic carbocycles. The topological polar surface area (TPSA) is 119 Å². The number of aromatic hydroxyl groups is 1. The number of hydrazone groups is 1. The van der Waals surface area contributed by atoms with Crippen molar-refractivity contribution in [3.05, 3.63) is 61.3 Å². The lowest BCUT2D eigenvalue weighted by molar-refractivity contribution is -0.114. The Morgan fingerprint density at radius 3 is 2.67 bits per heavy atom. The molecule has 2 aromatic rings. The summed E-state index contributed by atoms with van der Waals surface area (Å²) in [5, 5.41) is 15.5. The molecule has 3 rings (SSSR count). The lowest BCUT2D eigenvalue weighted by Crippen LogP contribution is -2.25. The number of aromatic nitrogens is 2. The van der Waals surface area contributed by atoms with Crippen LogP contribution in [0, 0.1) is 0 Å². The zero-order valence-corrected chi connectivity index (χ0v) is 13.1. The van der Waals surface area contributed by atoms with E-state index in [2.05, 4.69) is 10.1 Å². The van der Waals surface area contributed by atoms with Crippen LogP contribution < -0.4 is 16.3 Å².